The van der Waals surface area contributed by atoms with E-state index in [9.17, 15) is 10.2 Å². The van der Waals surface area contributed by atoms with Crippen LogP contribution in [0.5, 0.6) is 5.75 Å². The first-order valence-corrected chi connectivity index (χ1v) is 5.91. The number of rotatable bonds is 5. The van der Waals surface area contributed by atoms with Crippen molar-refractivity contribution in [1.29, 1.82) is 0 Å². The molecule has 0 bridgehead atoms. The lowest BCUT2D eigenvalue weighted by Gasteiger charge is -2.14. The van der Waals surface area contributed by atoms with E-state index in [-0.39, 0.29) is 19.8 Å². The minimum Gasteiger partial charge on any atom is -0.485 e. The predicted molar refractivity (Wildman–Crippen MR) is 71.3 cm³/mol. The summed E-state index contributed by atoms with van der Waals surface area (Å²) in [5.41, 5.74) is 7.93. The molecule has 0 aliphatic carbocycles. The molecule has 5 heteroatoms. The number of benzene rings is 1. The van der Waals surface area contributed by atoms with E-state index in [0.717, 1.165) is 16.7 Å². The summed E-state index contributed by atoms with van der Waals surface area (Å²) in [6.45, 7) is 0.0205. The van der Waals surface area contributed by atoms with E-state index in [1.165, 1.54) is 0 Å². The van der Waals surface area contributed by atoms with E-state index in [1.54, 1.807) is 36.5 Å². The van der Waals surface area contributed by atoms with Gasteiger partial charge in [-0.05, 0) is 23.3 Å². The Labute approximate surface area is 111 Å². The van der Waals surface area contributed by atoms with Crippen molar-refractivity contribution in [3.05, 3.63) is 53.2 Å². The van der Waals surface area contributed by atoms with Gasteiger partial charge in [-0.1, -0.05) is 18.2 Å². The molecule has 0 spiro atoms. The van der Waals surface area contributed by atoms with Gasteiger partial charge in [0.05, 0.1) is 13.2 Å². The second-order valence-electron chi connectivity index (χ2n) is 4.05. The van der Waals surface area contributed by atoms with Crippen LogP contribution in [0.15, 0.2) is 36.5 Å². The monoisotopic (exact) mass is 260 g/mol. The Bertz CT molecular complexity index is 536. The zero-order chi connectivity index (χ0) is 13.7. The molecule has 2 aromatic rings. The SMILES string of the molecule is Nc1ncccc1OCc1c(CO)cccc1CO. The quantitative estimate of drug-likeness (QED) is 0.752. The van der Waals surface area contributed by atoms with Crippen molar-refractivity contribution in [2.24, 2.45) is 0 Å². The predicted octanol–water partition coefficient (Wildman–Crippen LogP) is 1.23. The van der Waals surface area contributed by atoms with Gasteiger partial charge in [-0.25, -0.2) is 4.98 Å². The van der Waals surface area contributed by atoms with Crippen molar-refractivity contribution in [3.63, 3.8) is 0 Å². The molecule has 4 N–H and O–H groups in total. The number of ether oxygens (including phenoxy) is 1. The number of hydrogen-bond acceptors (Lipinski definition) is 5. The fraction of sp³-hybridized carbons (Fsp3) is 0.214. The number of nitrogens with two attached hydrogens (primary N) is 1. The average Bonchev–Trinajstić information content (AvgIpc) is 2.46. The van der Waals surface area contributed by atoms with Crippen molar-refractivity contribution in [1.82, 2.24) is 4.98 Å². The third kappa shape index (κ3) is 3.01. The molecule has 1 aromatic carbocycles. The van der Waals surface area contributed by atoms with Crippen molar-refractivity contribution in [2.45, 2.75) is 19.8 Å². The molecular weight excluding hydrogens is 244 g/mol. The lowest BCUT2D eigenvalue weighted by molar-refractivity contribution is 0.257. The van der Waals surface area contributed by atoms with Gasteiger partial charge >= 0.3 is 0 Å². The van der Waals surface area contributed by atoms with Crippen LogP contribution in [0, 0.1) is 0 Å². The lowest BCUT2D eigenvalue weighted by Crippen LogP contribution is -2.06. The number of nitrogens with zero attached hydrogens (tertiary/aromatic N) is 1. The molecule has 0 aliphatic heterocycles. The standard InChI is InChI=1S/C14H16N2O3/c15-14-13(5-2-6-16-14)19-9-12-10(7-17)3-1-4-11(12)8-18/h1-6,17-18H,7-9H2,(H2,15,16). The summed E-state index contributed by atoms with van der Waals surface area (Å²) in [6, 6.07) is 8.84. The maximum Gasteiger partial charge on any atom is 0.166 e. The van der Waals surface area contributed by atoms with Crippen LogP contribution in [-0.4, -0.2) is 15.2 Å². The summed E-state index contributed by atoms with van der Waals surface area (Å²) < 4.78 is 5.60. The van der Waals surface area contributed by atoms with Gasteiger partial charge in [-0.15, -0.1) is 0 Å². The van der Waals surface area contributed by atoms with E-state index in [4.69, 9.17) is 10.5 Å². The van der Waals surface area contributed by atoms with Crippen molar-refractivity contribution in [3.8, 4) is 5.75 Å². The normalized spacial score (nSPS) is 10.4. The molecule has 2 rings (SSSR count). The molecule has 1 heterocycles. The Balaban J connectivity index is 2.21. The molecule has 0 saturated heterocycles. The maximum atomic E-state index is 9.32. The van der Waals surface area contributed by atoms with Gasteiger partial charge in [-0.3, -0.25) is 0 Å². The van der Waals surface area contributed by atoms with Crippen LogP contribution in [-0.2, 0) is 19.8 Å². The van der Waals surface area contributed by atoms with E-state index in [2.05, 4.69) is 4.98 Å². The molecule has 0 radical (unpaired) electrons. The number of pyridine rings is 1. The third-order valence-corrected chi connectivity index (χ3v) is 2.88. The number of aliphatic hydroxyl groups excluding tert-OH is 2. The minimum absolute atomic E-state index is 0.102. The van der Waals surface area contributed by atoms with E-state index < -0.39 is 0 Å². The number of aliphatic hydroxyl groups is 2. The van der Waals surface area contributed by atoms with Crippen LogP contribution in [0.25, 0.3) is 0 Å². The summed E-state index contributed by atoms with van der Waals surface area (Å²) >= 11 is 0. The molecule has 0 unspecified atom stereocenters. The first-order valence-electron chi connectivity index (χ1n) is 5.91. The number of nitrogen functional groups attached to an aromatic ring is 1. The van der Waals surface area contributed by atoms with Gasteiger partial charge in [0.2, 0.25) is 0 Å². The highest BCUT2D eigenvalue weighted by atomic mass is 16.5. The number of hydrogen-bond donors (Lipinski definition) is 3. The topological polar surface area (TPSA) is 88.6 Å². The molecule has 100 valence electrons. The first kappa shape index (κ1) is 13.3. The summed E-state index contributed by atoms with van der Waals surface area (Å²) in [7, 11) is 0. The summed E-state index contributed by atoms with van der Waals surface area (Å²) in [6.07, 6.45) is 1.59. The smallest absolute Gasteiger partial charge is 0.166 e. The fourth-order valence-electron chi connectivity index (χ4n) is 1.84. The van der Waals surface area contributed by atoms with Gasteiger partial charge in [0.15, 0.2) is 11.6 Å². The van der Waals surface area contributed by atoms with Crippen molar-refractivity contribution in [2.75, 3.05) is 5.73 Å². The van der Waals surface area contributed by atoms with Crippen LogP contribution in [0.4, 0.5) is 5.82 Å². The molecule has 0 atom stereocenters. The lowest BCUT2D eigenvalue weighted by atomic mass is 10.0. The Morgan fingerprint density at radius 3 is 2.32 bits per heavy atom. The second kappa shape index (κ2) is 6.17. The zero-order valence-corrected chi connectivity index (χ0v) is 10.4. The Morgan fingerprint density at radius 2 is 1.74 bits per heavy atom. The minimum atomic E-state index is -0.102. The Hall–Kier alpha value is -2.11. The third-order valence-electron chi connectivity index (χ3n) is 2.88. The van der Waals surface area contributed by atoms with Gasteiger partial charge in [0, 0.05) is 11.8 Å². The molecule has 0 aliphatic rings. The van der Waals surface area contributed by atoms with Gasteiger partial charge in [-0.2, -0.15) is 0 Å². The molecule has 5 nitrogen and oxygen atoms in total. The largest absolute Gasteiger partial charge is 0.485 e. The van der Waals surface area contributed by atoms with Gasteiger partial charge < -0.3 is 20.7 Å². The average molecular weight is 260 g/mol. The highest BCUT2D eigenvalue weighted by Gasteiger charge is 2.09. The van der Waals surface area contributed by atoms with Crippen molar-refractivity contribution < 1.29 is 14.9 Å². The van der Waals surface area contributed by atoms with Crippen LogP contribution in [0.1, 0.15) is 16.7 Å². The Morgan fingerprint density at radius 1 is 1.05 bits per heavy atom. The second-order valence-corrected chi connectivity index (χ2v) is 4.05. The van der Waals surface area contributed by atoms with E-state index in [1.807, 2.05) is 0 Å². The number of anilines is 1. The summed E-state index contributed by atoms with van der Waals surface area (Å²) in [5, 5.41) is 18.6. The number of aromatic nitrogens is 1. The zero-order valence-electron chi connectivity index (χ0n) is 10.4. The van der Waals surface area contributed by atoms with Crippen LogP contribution in [0.2, 0.25) is 0 Å². The van der Waals surface area contributed by atoms with Gasteiger partial charge in [0.1, 0.15) is 6.61 Å². The molecule has 19 heavy (non-hydrogen) atoms. The highest BCUT2D eigenvalue weighted by Crippen LogP contribution is 2.22. The summed E-state index contributed by atoms with van der Waals surface area (Å²) in [5.74, 6) is 0.800. The van der Waals surface area contributed by atoms with Crippen molar-refractivity contribution >= 4 is 5.82 Å². The first-order chi connectivity index (χ1) is 9.26. The van der Waals surface area contributed by atoms with Crippen LogP contribution in [0.3, 0.4) is 0 Å². The fourth-order valence-corrected chi connectivity index (χ4v) is 1.84. The molecule has 0 amide bonds. The molecule has 1 aromatic heterocycles. The van der Waals surface area contributed by atoms with E-state index in [0.29, 0.717) is 11.6 Å². The highest BCUT2D eigenvalue weighted by molar-refractivity contribution is 5.45. The molecular formula is C14H16N2O3. The summed E-state index contributed by atoms with van der Waals surface area (Å²) in [4.78, 5) is 3.93. The Kier molecular flexibility index (Phi) is 4.33. The van der Waals surface area contributed by atoms with Gasteiger partial charge in [0.25, 0.3) is 0 Å². The molecule has 0 saturated carbocycles. The van der Waals surface area contributed by atoms with Crippen LogP contribution >= 0.6 is 0 Å². The van der Waals surface area contributed by atoms with E-state index >= 15 is 0 Å². The molecule has 0 fully saturated rings. The maximum absolute atomic E-state index is 9.32. The van der Waals surface area contributed by atoms with Crippen LogP contribution < -0.4 is 10.5 Å².